The quantitative estimate of drug-likeness (QED) is 0.0952. The first-order valence-electron chi connectivity index (χ1n) is 14.8. The first-order chi connectivity index (χ1) is 21.1. The highest BCUT2D eigenvalue weighted by molar-refractivity contribution is 5.87. The van der Waals surface area contributed by atoms with Crippen LogP contribution in [-0.4, -0.2) is 125 Å². The second-order valence-corrected chi connectivity index (χ2v) is 10.4. The summed E-state index contributed by atoms with van der Waals surface area (Å²) in [6, 6.07) is 0. The van der Waals surface area contributed by atoms with Crippen molar-refractivity contribution >= 4 is 23.9 Å². The number of aliphatic hydroxyl groups is 1. The van der Waals surface area contributed by atoms with Crippen molar-refractivity contribution in [2.75, 3.05) is 78.4 Å². The van der Waals surface area contributed by atoms with E-state index in [2.05, 4.69) is 47.4 Å². The van der Waals surface area contributed by atoms with Crippen molar-refractivity contribution in [2.45, 2.75) is 33.1 Å². The fourth-order valence-electron chi connectivity index (χ4n) is 3.66. The molecule has 2 amide bonds. The molecular weight excluding hydrogens is 562 g/mol. The van der Waals surface area contributed by atoms with Crippen LogP contribution in [0.15, 0.2) is 61.3 Å². The molecule has 0 radical (unpaired) electrons. The van der Waals surface area contributed by atoms with E-state index in [1.54, 1.807) is 26.7 Å². The van der Waals surface area contributed by atoms with Gasteiger partial charge in [-0.3, -0.25) is 9.59 Å². The normalized spacial score (nSPS) is 13.4. The van der Waals surface area contributed by atoms with E-state index in [0.29, 0.717) is 50.2 Å². The van der Waals surface area contributed by atoms with Crippen LogP contribution in [0.2, 0.25) is 0 Å². The van der Waals surface area contributed by atoms with E-state index in [0.717, 1.165) is 50.3 Å². The van der Waals surface area contributed by atoms with Gasteiger partial charge in [0.05, 0.1) is 6.20 Å². The molecule has 0 aliphatic carbocycles. The first kappa shape index (κ1) is 38.0. The summed E-state index contributed by atoms with van der Waals surface area (Å²) in [6.45, 7) is 19.1. The number of allylic oxidation sites excluding steroid dienone is 1. The number of amides is 2. The SMILES string of the molecule is C=C/C(O)=C\C(=C)CN.CCOCCCNc1ncn2ncc(C(C)C)c2n1.CN(C)C/C=C/C(=O)N1CCN(C=O)CC1. The van der Waals surface area contributed by atoms with Crippen LogP contribution < -0.4 is 11.1 Å². The minimum Gasteiger partial charge on any atom is -0.508 e. The number of hydrogen-bond donors (Lipinski definition) is 3. The Labute approximate surface area is 261 Å². The van der Waals surface area contributed by atoms with Gasteiger partial charge < -0.3 is 35.6 Å². The number of nitrogens with one attached hydrogen (secondary N) is 1. The second-order valence-electron chi connectivity index (χ2n) is 10.4. The summed E-state index contributed by atoms with van der Waals surface area (Å²) in [4.78, 5) is 36.4. The van der Waals surface area contributed by atoms with Crippen LogP contribution in [0.4, 0.5) is 5.95 Å². The third kappa shape index (κ3) is 14.9. The Hall–Kier alpha value is -4.07. The Morgan fingerprint density at radius 1 is 1.27 bits per heavy atom. The molecular formula is C31H51N9O4. The lowest BCUT2D eigenvalue weighted by atomic mass is 10.1. The Bertz CT molecular complexity index is 1220. The predicted octanol–water partition coefficient (Wildman–Crippen LogP) is 2.62. The van der Waals surface area contributed by atoms with Gasteiger partial charge in [-0.15, -0.1) is 0 Å². The molecule has 13 heteroatoms. The summed E-state index contributed by atoms with van der Waals surface area (Å²) in [7, 11) is 3.91. The zero-order valence-corrected chi connectivity index (χ0v) is 27.0. The third-order valence-corrected chi connectivity index (χ3v) is 6.20. The number of hydrogen-bond acceptors (Lipinski definition) is 10. The minimum atomic E-state index is 0.0346. The summed E-state index contributed by atoms with van der Waals surface area (Å²) in [5, 5.41) is 16.2. The number of aliphatic hydroxyl groups excluding tert-OH is 1. The zero-order valence-electron chi connectivity index (χ0n) is 27.0. The number of nitrogens with two attached hydrogens (primary N) is 1. The highest BCUT2D eigenvalue weighted by Crippen LogP contribution is 2.18. The van der Waals surface area contributed by atoms with Gasteiger partial charge in [-0.25, -0.2) is 9.50 Å². The van der Waals surface area contributed by atoms with Crippen LogP contribution in [0.1, 0.15) is 38.7 Å². The standard InChI is InChI=1S/C13H21N5O.C11H19N3O2.C7H11NO/c1-4-19-7-5-6-14-13-15-9-18-12(17-13)11(8-16-18)10(2)3;1-12(2)5-3-4-11(16)14-8-6-13(10-15)7-9-14;1-3-7(9)4-6(2)5-8/h8-10H,4-7H2,1-3H3,(H,14,17);3-4,10H,5-9H2,1-2H3;3-4,9H,1-2,5,8H2/b;4-3+;7-4+. The minimum absolute atomic E-state index is 0.0346. The third-order valence-electron chi connectivity index (χ3n) is 6.20. The van der Waals surface area contributed by atoms with Crippen molar-refractivity contribution in [2.24, 2.45) is 5.73 Å². The Kier molecular flexibility index (Phi) is 18.6. The predicted molar refractivity (Wildman–Crippen MR) is 175 cm³/mol. The van der Waals surface area contributed by atoms with Crippen LogP contribution >= 0.6 is 0 Å². The maximum atomic E-state index is 11.7. The molecule has 1 aliphatic rings. The molecule has 0 atom stereocenters. The van der Waals surface area contributed by atoms with Gasteiger partial charge in [0.2, 0.25) is 18.3 Å². The molecule has 3 heterocycles. The summed E-state index contributed by atoms with van der Waals surface area (Å²) >= 11 is 0. The fourth-order valence-corrected chi connectivity index (χ4v) is 3.66. The maximum Gasteiger partial charge on any atom is 0.246 e. The highest BCUT2D eigenvalue weighted by Gasteiger charge is 2.18. The molecule has 0 spiro atoms. The van der Waals surface area contributed by atoms with Gasteiger partial charge in [-0.05, 0) is 51.1 Å². The second kappa shape index (κ2) is 21.6. The molecule has 0 aromatic carbocycles. The zero-order chi connectivity index (χ0) is 32.9. The van der Waals surface area contributed by atoms with Crippen LogP contribution in [0.3, 0.4) is 0 Å². The lowest BCUT2D eigenvalue weighted by Crippen LogP contribution is -2.47. The molecule has 1 saturated heterocycles. The number of fused-ring (bicyclic) bond motifs is 1. The largest absolute Gasteiger partial charge is 0.508 e. The van der Waals surface area contributed by atoms with Crippen molar-refractivity contribution in [3.63, 3.8) is 0 Å². The molecule has 2 aromatic heterocycles. The van der Waals surface area contributed by atoms with Gasteiger partial charge in [0, 0.05) is 70.7 Å². The summed E-state index contributed by atoms with van der Waals surface area (Å²) in [6.07, 6.45) is 11.6. The maximum absolute atomic E-state index is 11.7. The fraction of sp³-hybridized carbons (Fsp3) is 0.516. The molecule has 4 N–H and O–H groups in total. The molecule has 1 aliphatic heterocycles. The number of aromatic nitrogens is 4. The number of carbonyl (C=O) groups excluding carboxylic acids is 2. The monoisotopic (exact) mass is 613 g/mol. The van der Waals surface area contributed by atoms with E-state index in [1.807, 2.05) is 38.2 Å². The molecule has 44 heavy (non-hydrogen) atoms. The molecule has 2 aromatic rings. The lowest BCUT2D eigenvalue weighted by molar-refractivity contribution is -0.130. The van der Waals surface area contributed by atoms with Crippen molar-refractivity contribution in [3.05, 3.63) is 66.9 Å². The van der Waals surface area contributed by atoms with E-state index in [1.165, 1.54) is 12.2 Å². The van der Waals surface area contributed by atoms with Crippen molar-refractivity contribution in [1.82, 2.24) is 34.3 Å². The molecule has 0 unspecified atom stereocenters. The lowest BCUT2D eigenvalue weighted by Gasteiger charge is -2.31. The molecule has 0 saturated carbocycles. The van der Waals surface area contributed by atoms with Crippen LogP contribution in [-0.2, 0) is 14.3 Å². The number of rotatable bonds is 14. The van der Waals surface area contributed by atoms with Crippen LogP contribution in [0.5, 0.6) is 0 Å². The number of carbonyl (C=O) groups is 2. The summed E-state index contributed by atoms with van der Waals surface area (Å²) in [5.41, 5.74) is 7.88. The number of anilines is 1. The first-order valence-corrected chi connectivity index (χ1v) is 14.8. The highest BCUT2D eigenvalue weighted by atomic mass is 16.5. The van der Waals surface area contributed by atoms with E-state index in [-0.39, 0.29) is 11.7 Å². The van der Waals surface area contributed by atoms with Gasteiger partial charge >= 0.3 is 0 Å². The van der Waals surface area contributed by atoms with Gasteiger partial charge in [-0.1, -0.05) is 33.1 Å². The van der Waals surface area contributed by atoms with E-state index < -0.39 is 0 Å². The Balaban J connectivity index is 0.000000352. The molecule has 1 fully saturated rings. The molecule has 13 nitrogen and oxygen atoms in total. The average Bonchev–Trinajstić information content (AvgIpc) is 3.45. The molecule has 0 bridgehead atoms. The Morgan fingerprint density at radius 2 is 1.98 bits per heavy atom. The molecule has 3 rings (SSSR count). The topological polar surface area (TPSA) is 154 Å². The van der Waals surface area contributed by atoms with Crippen molar-refractivity contribution in [1.29, 1.82) is 0 Å². The van der Waals surface area contributed by atoms with E-state index in [9.17, 15) is 9.59 Å². The van der Waals surface area contributed by atoms with E-state index in [4.69, 9.17) is 15.6 Å². The van der Waals surface area contributed by atoms with Gasteiger partial charge in [-0.2, -0.15) is 10.1 Å². The number of ether oxygens (including phenoxy) is 1. The van der Waals surface area contributed by atoms with Gasteiger partial charge in [0.25, 0.3) is 0 Å². The van der Waals surface area contributed by atoms with Crippen LogP contribution in [0.25, 0.3) is 5.65 Å². The smallest absolute Gasteiger partial charge is 0.246 e. The number of piperazine rings is 1. The Morgan fingerprint density at radius 3 is 2.55 bits per heavy atom. The number of nitrogens with zero attached hydrogens (tertiary/aromatic N) is 7. The summed E-state index contributed by atoms with van der Waals surface area (Å²) < 4.78 is 6.99. The van der Waals surface area contributed by atoms with Crippen molar-refractivity contribution in [3.8, 4) is 0 Å². The van der Waals surface area contributed by atoms with Crippen LogP contribution in [0, 0.1) is 0 Å². The number of likely N-dealkylation sites (N-methyl/N-ethyl adjacent to an activating group) is 1. The van der Waals surface area contributed by atoms with Crippen molar-refractivity contribution < 1.29 is 19.4 Å². The van der Waals surface area contributed by atoms with Gasteiger partial charge in [0.1, 0.15) is 12.1 Å². The summed E-state index contributed by atoms with van der Waals surface area (Å²) in [5.74, 6) is 1.18. The molecule has 244 valence electrons. The van der Waals surface area contributed by atoms with Gasteiger partial charge in [0.15, 0.2) is 5.65 Å². The average molecular weight is 614 g/mol. The van der Waals surface area contributed by atoms with E-state index >= 15 is 0 Å².